The number of halogens is 4. The van der Waals surface area contributed by atoms with Gasteiger partial charge >= 0.3 is 322 Å². The van der Waals surface area contributed by atoms with E-state index >= 15 is 0 Å². The Bertz CT molecular complexity index is 2020. The summed E-state index contributed by atoms with van der Waals surface area (Å²) >= 11 is 9.83. The van der Waals surface area contributed by atoms with Crippen LogP contribution in [0, 0.1) is 0 Å². The summed E-state index contributed by atoms with van der Waals surface area (Å²) in [5.74, 6) is 0. The molecule has 0 spiro atoms. The van der Waals surface area contributed by atoms with Crippen molar-refractivity contribution < 1.29 is 21.0 Å². The molecule has 0 saturated heterocycles. The molecule has 0 nitrogen and oxygen atoms in total. The van der Waals surface area contributed by atoms with Crippen molar-refractivity contribution in [3.05, 3.63) is 143 Å². The van der Waals surface area contributed by atoms with Crippen molar-refractivity contribution in [2.24, 2.45) is 0 Å². The van der Waals surface area contributed by atoms with Crippen molar-refractivity contribution in [2.45, 2.75) is 118 Å². The number of rotatable bonds is 4. The number of benzene rings is 4. The zero-order chi connectivity index (χ0) is 36.6. The Hall–Kier alpha value is -1.74. The second-order valence-corrected chi connectivity index (χ2v) is 28.0. The summed E-state index contributed by atoms with van der Waals surface area (Å²) in [5.41, 5.74) is 14.5. The second-order valence-electron chi connectivity index (χ2n) is 18.5. The molecular formula is C47H56Cl4Hf. The van der Waals surface area contributed by atoms with Crippen molar-refractivity contribution in [3.8, 4) is 11.1 Å². The smallest absolute Gasteiger partial charge is 0.147 e. The largest absolute Gasteiger partial charge is 0.147 e. The van der Waals surface area contributed by atoms with Crippen molar-refractivity contribution in [1.29, 1.82) is 0 Å². The molecule has 0 unspecified atom stereocenters. The molecule has 0 fully saturated rings. The SMILES string of the molecule is CC(C)(C)c1cc2c(cc1C(C)(C)C)-c1cc(C(C)(C)C)c(C(C)(C)C)[c]([Hf]([C]3=CC=CC3)=[C](c3ccc(Cl)cc3)c3ccc(Cl)cc3)c1C2.Cl.Cl. The van der Waals surface area contributed by atoms with Gasteiger partial charge in [-0.2, -0.15) is 0 Å². The van der Waals surface area contributed by atoms with Crippen LogP contribution in [0.1, 0.15) is 134 Å². The molecular weight excluding hydrogens is 885 g/mol. The predicted molar refractivity (Wildman–Crippen MR) is 232 cm³/mol. The van der Waals surface area contributed by atoms with Gasteiger partial charge in [0.25, 0.3) is 0 Å². The number of hydrogen-bond acceptors (Lipinski definition) is 0. The molecule has 0 N–H and O–H groups in total. The van der Waals surface area contributed by atoms with Crippen LogP contribution in [-0.4, -0.2) is 3.26 Å². The first kappa shape index (κ1) is 43.0. The number of hydrogen-bond donors (Lipinski definition) is 0. The van der Waals surface area contributed by atoms with E-state index in [9.17, 15) is 0 Å². The summed E-state index contributed by atoms with van der Waals surface area (Å²) in [6.07, 6.45) is 9.12. The first-order valence-corrected chi connectivity index (χ1v) is 24.3. The molecule has 5 heteroatoms. The minimum absolute atomic E-state index is 0. The molecule has 0 aromatic heterocycles. The molecule has 4 aromatic carbocycles. The van der Waals surface area contributed by atoms with Crippen LogP contribution in [0.25, 0.3) is 11.1 Å². The van der Waals surface area contributed by atoms with Crippen LogP contribution in [-0.2, 0) is 49.0 Å². The van der Waals surface area contributed by atoms with Crippen LogP contribution in [0.2, 0.25) is 10.0 Å². The van der Waals surface area contributed by atoms with Crippen molar-refractivity contribution in [3.63, 3.8) is 0 Å². The molecule has 6 rings (SSSR count). The van der Waals surface area contributed by atoms with Crippen LogP contribution in [0.15, 0.2) is 88.3 Å². The fourth-order valence-corrected chi connectivity index (χ4v) is 21.5. The Labute approximate surface area is 344 Å². The summed E-state index contributed by atoms with van der Waals surface area (Å²) in [6.45, 7) is 28.8. The van der Waals surface area contributed by atoms with Gasteiger partial charge in [0.05, 0.1) is 0 Å². The van der Waals surface area contributed by atoms with Crippen LogP contribution in [0.3, 0.4) is 0 Å². The zero-order valence-corrected chi connectivity index (χ0v) is 39.8. The van der Waals surface area contributed by atoms with E-state index in [2.05, 4.69) is 168 Å². The minimum atomic E-state index is -3.27. The van der Waals surface area contributed by atoms with E-state index in [-0.39, 0.29) is 46.5 Å². The Morgan fingerprint density at radius 1 is 0.577 bits per heavy atom. The van der Waals surface area contributed by atoms with Crippen LogP contribution < -0.4 is 3.32 Å². The van der Waals surface area contributed by atoms with Gasteiger partial charge in [-0.25, -0.2) is 0 Å². The maximum Gasteiger partial charge on any atom is -0.147 e. The minimum Gasteiger partial charge on any atom is -0.147 e. The van der Waals surface area contributed by atoms with Gasteiger partial charge < -0.3 is 0 Å². The topological polar surface area (TPSA) is 0 Å². The van der Waals surface area contributed by atoms with E-state index in [1.807, 2.05) is 0 Å². The van der Waals surface area contributed by atoms with E-state index in [0.29, 0.717) is 0 Å². The van der Waals surface area contributed by atoms with Crippen LogP contribution >= 0.6 is 48.0 Å². The third-order valence-electron chi connectivity index (χ3n) is 10.4. The Kier molecular flexibility index (Phi) is 12.7. The fraction of sp³-hybridized carbons (Fsp3) is 0.383. The monoisotopic (exact) mass is 940 g/mol. The van der Waals surface area contributed by atoms with Gasteiger partial charge in [-0.3, -0.25) is 0 Å². The van der Waals surface area contributed by atoms with E-state index in [1.165, 1.54) is 47.8 Å². The number of allylic oxidation sites excluding steroid dienone is 4. The molecule has 0 radical (unpaired) electrons. The molecule has 2 aliphatic carbocycles. The second kappa shape index (κ2) is 15.4. The molecule has 52 heavy (non-hydrogen) atoms. The summed E-state index contributed by atoms with van der Waals surface area (Å²) < 4.78 is 4.83. The third-order valence-corrected chi connectivity index (χ3v) is 22.2. The molecule has 0 aliphatic heterocycles. The number of fused-ring (bicyclic) bond motifs is 3. The quantitative estimate of drug-likeness (QED) is 0.158. The van der Waals surface area contributed by atoms with Crippen molar-refractivity contribution in [1.82, 2.24) is 0 Å². The molecule has 2 aliphatic rings. The van der Waals surface area contributed by atoms with Crippen molar-refractivity contribution >= 4 is 54.6 Å². The molecule has 0 atom stereocenters. The van der Waals surface area contributed by atoms with Gasteiger partial charge in [-0.05, 0) is 0 Å². The Morgan fingerprint density at radius 3 is 1.46 bits per heavy atom. The molecule has 0 heterocycles. The zero-order valence-electron chi connectivity index (χ0n) is 33.1. The van der Waals surface area contributed by atoms with Gasteiger partial charge in [0, 0.05) is 0 Å². The van der Waals surface area contributed by atoms with Crippen molar-refractivity contribution in [2.75, 3.05) is 0 Å². The van der Waals surface area contributed by atoms with Gasteiger partial charge in [0.2, 0.25) is 0 Å². The van der Waals surface area contributed by atoms with Gasteiger partial charge in [-0.1, -0.05) is 0 Å². The van der Waals surface area contributed by atoms with Crippen LogP contribution in [0.4, 0.5) is 0 Å². The average molecular weight is 941 g/mol. The average Bonchev–Trinajstić information content (AvgIpc) is 3.66. The first-order chi connectivity index (χ1) is 23.2. The summed E-state index contributed by atoms with van der Waals surface area (Å²) in [4.78, 5) is 0. The van der Waals surface area contributed by atoms with E-state index in [4.69, 9.17) is 23.2 Å². The molecule has 0 saturated carbocycles. The first-order valence-electron chi connectivity index (χ1n) is 18.2. The van der Waals surface area contributed by atoms with Gasteiger partial charge in [0.15, 0.2) is 0 Å². The maximum atomic E-state index is 6.55. The van der Waals surface area contributed by atoms with Crippen LogP contribution in [0.5, 0.6) is 0 Å². The van der Waals surface area contributed by atoms with E-state index < -0.39 is 21.0 Å². The Balaban J connectivity index is 0.00000302. The normalized spacial score (nSPS) is 13.9. The Morgan fingerprint density at radius 2 is 1.04 bits per heavy atom. The molecule has 4 aromatic rings. The molecule has 276 valence electrons. The fourth-order valence-electron chi connectivity index (χ4n) is 8.03. The van der Waals surface area contributed by atoms with Gasteiger partial charge in [-0.15, -0.1) is 24.8 Å². The summed E-state index contributed by atoms with van der Waals surface area (Å²) in [5, 5.41) is 1.53. The predicted octanol–water partition coefficient (Wildman–Crippen LogP) is 14.0. The van der Waals surface area contributed by atoms with E-state index in [0.717, 1.165) is 22.9 Å². The molecule has 0 bridgehead atoms. The maximum absolute atomic E-state index is 6.55. The van der Waals surface area contributed by atoms with E-state index in [1.54, 1.807) is 17.8 Å². The van der Waals surface area contributed by atoms with Gasteiger partial charge in [0.1, 0.15) is 0 Å². The third kappa shape index (κ3) is 8.40. The summed E-state index contributed by atoms with van der Waals surface area (Å²) in [6, 6.07) is 25.1. The standard InChI is InChI=1S/C29H41.C13H8Cl2.C5H5.2ClH.Hf/c1-26(2,3)22-14-18-13-19-15-23(27(4,5)6)25(29(10,11)12)17-21(19)20(18)16-24(22)28(7,8)9;14-12-5-1-10(2-6-12)9-11-3-7-13(15)8-4-11;1-2-4-5-3-1;;;/h14,16-17H,13H2,1-12H3;1-8H;1-3H,4H2;2*1H;. The molecule has 0 amide bonds. The summed E-state index contributed by atoms with van der Waals surface area (Å²) in [7, 11) is 0.